The van der Waals surface area contributed by atoms with Crippen LogP contribution in [0.5, 0.6) is 5.75 Å². The van der Waals surface area contributed by atoms with E-state index in [2.05, 4.69) is 15.4 Å². The zero-order valence-corrected chi connectivity index (χ0v) is 30.0. The number of carbonyl (C=O) groups is 5. The first kappa shape index (κ1) is 36.5. The number of hydrogen-bond acceptors (Lipinski definition) is 10. The predicted octanol–water partition coefficient (Wildman–Crippen LogP) is 2.71. The molecule has 51 heavy (non-hydrogen) atoms. The Bertz CT molecular complexity index is 1720. The summed E-state index contributed by atoms with van der Waals surface area (Å²) in [7, 11) is -3.91. The van der Waals surface area contributed by atoms with Gasteiger partial charge in [-0.3, -0.25) is 24.0 Å². The van der Waals surface area contributed by atoms with Gasteiger partial charge in [0.2, 0.25) is 21.8 Å². The van der Waals surface area contributed by atoms with Crippen LogP contribution in [0, 0.1) is 5.92 Å². The Morgan fingerprint density at radius 3 is 2.51 bits per heavy atom. The molecule has 5 aliphatic rings. The summed E-state index contributed by atoms with van der Waals surface area (Å²) in [5, 5.41) is 14.7. The molecule has 0 aromatic heterocycles. The minimum absolute atomic E-state index is 0.0771. The van der Waals surface area contributed by atoms with Gasteiger partial charge in [0, 0.05) is 25.4 Å². The molecule has 5 atom stereocenters. The molecule has 3 heterocycles. The van der Waals surface area contributed by atoms with Gasteiger partial charge in [-0.05, 0) is 82.6 Å². The number of sulfonamides is 1. The number of ether oxygens (including phenoxy) is 2. The first-order valence-electron chi connectivity index (χ1n) is 17.7. The van der Waals surface area contributed by atoms with Crippen LogP contribution in [0.4, 0.5) is 9.59 Å². The van der Waals surface area contributed by atoms with Crippen molar-refractivity contribution in [1.29, 1.82) is 0 Å². The number of nitrogens with zero attached hydrogens (tertiary/aromatic N) is 2. The summed E-state index contributed by atoms with van der Waals surface area (Å²) >= 11 is 0. The van der Waals surface area contributed by atoms with Gasteiger partial charge in [-0.15, -0.1) is 0 Å². The number of benzene rings is 1. The molecular weight excluding hydrogens is 682 g/mol. The SMILES string of the molecule is CC(C)(C)OC(=O)N[C@H]1CCCCCC=C[C@@H]2C[C@@]2(C(=O)NS(=O)(=O)C2CC2)NC(=O)C2C[C@@H](OC(=O)N3Cc4ccc(O)cc4C3)CN2C1=O. The normalized spacial score (nSPS) is 28.3. The van der Waals surface area contributed by atoms with E-state index in [-0.39, 0.29) is 44.6 Å². The molecule has 0 bridgehead atoms. The molecule has 1 saturated heterocycles. The summed E-state index contributed by atoms with van der Waals surface area (Å²) in [6.45, 7) is 5.41. The van der Waals surface area contributed by atoms with Gasteiger partial charge in [0.05, 0.1) is 11.8 Å². The fourth-order valence-corrected chi connectivity index (χ4v) is 8.39. The number of carbonyl (C=O) groups excluding carboxylic acids is 5. The van der Waals surface area contributed by atoms with E-state index in [1.807, 2.05) is 12.2 Å². The van der Waals surface area contributed by atoms with Crippen molar-refractivity contribution < 1.29 is 47.0 Å². The van der Waals surface area contributed by atoms with Crippen molar-refractivity contribution in [3.63, 3.8) is 0 Å². The van der Waals surface area contributed by atoms with E-state index < -0.39 is 80.4 Å². The lowest BCUT2D eigenvalue weighted by Crippen LogP contribution is -2.58. The summed E-state index contributed by atoms with van der Waals surface area (Å²) in [5.74, 6) is -2.48. The Morgan fingerprint density at radius 2 is 1.78 bits per heavy atom. The lowest BCUT2D eigenvalue weighted by molar-refractivity contribution is -0.141. The minimum Gasteiger partial charge on any atom is -0.508 e. The number of alkyl carbamates (subject to hydrolysis) is 1. The van der Waals surface area contributed by atoms with Crippen LogP contribution >= 0.6 is 0 Å². The second kappa shape index (κ2) is 14.0. The Labute approximate surface area is 297 Å². The number of hydrogen-bond donors (Lipinski definition) is 4. The van der Waals surface area contributed by atoms with Crippen LogP contribution in [-0.2, 0) is 47.0 Å². The lowest BCUT2D eigenvalue weighted by atomic mass is 10.0. The molecule has 15 nitrogen and oxygen atoms in total. The molecule has 2 saturated carbocycles. The number of nitrogens with one attached hydrogen (secondary N) is 3. The zero-order chi connectivity index (χ0) is 36.7. The number of aromatic hydroxyl groups is 1. The third kappa shape index (κ3) is 8.42. The number of amides is 5. The lowest BCUT2D eigenvalue weighted by Gasteiger charge is -2.30. The van der Waals surface area contributed by atoms with Gasteiger partial charge in [-0.25, -0.2) is 18.0 Å². The third-order valence-electron chi connectivity index (χ3n) is 9.97. The summed E-state index contributed by atoms with van der Waals surface area (Å²) < 4.78 is 39.0. The molecule has 3 aliphatic heterocycles. The highest BCUT2D eigenvalue weighted by molar-refractivity contribution is 7.91. The number of allylic oxidation sites excluding steroid dienone is 1. The molecule has 4 N–H and O–H groups in total. The average Bonchev–Trinajstić information content (AvgIpc) is 3.93. The number of fused-ring (bicyclic) bond motifs is 3. The molecule has 278 valence electrons. The van der Waals surface area contributed by atoms with Gasteiger partial charge >= 0.3 is 12.2 Å². The van der Waals surface area contributed by atoms with Crippen LogP contribution < -0.4 is 15.4 Å². The van der Waals surface area contributed by atoms with Crippen LogP contribution in [0.1, 0.15) is 89.7 Å². The highest BCUT2D eigenvalue weighted by Crippen LogP contribution is 2.46. The number of rotatable bonds is 5. The highest BCUT2D eigenvalue weighted by Gasteiger charge is 2.62. The van der Waals surface area contributed by atoms with E-state index in [4.69, 9.17) is 9.47 Å². The molecular formula is C35H47N5O10S. The molecule has 3 fully saturated rings. The molecule has 1 aromatic rings. The van der Waals surface area contributed by atoms with Crippen LogP contribution in [0.2, 0.25) is 0 Å². The first-order chi connectivity index (χ1) is 24.0. The average molecular weight is 730 g/mol. The van der Waals surface area contributed by atoms with E-state index in [1.165, 1.54) is 15.9 Å². The Kier molecular flexibility index (Phi) is 10.0. The molecule has 5 amide bonds. The van der Waals surface area contributed by atoms with E-state index in [0.29, 0.717) is 25.7 Å². The maximum absolute atomic E-state index is 14.3. The molecule has 0 spiro atoms. The maximum atomic E-state index is 14.3. The summed E-state index contributed by atoms with van der Waals surface area (Å²) in [6, 6.07) is 2.59. The molecule has 6 rings (SSSR count). The Morgan fingerprint density at radius 1 is 1.04 bits per heavy atom. The topological polar surface area (TPSA) is 201 Å². The first-order valence-corrected chi connectivity index (χ1v) is 19.2. The van der Waals surface area contributed by atoms with Crippen molar-refractivity contribution >= 4 is 39.9 Å². The van der Waals surface area contributed by atoms with Gasteiger partial charge in [-0.2, -0.15) is 0 Å². The van der Waals surface area contributed by atoms with Crippen LogP contribution in [0.25, 0.3) is 0 Å². The van der Waals surface area contributed by atoms with Gasteiger partial charge < -0.3 is 30.1 Å². The molecule has 2 aliphatic carbocycles. The van der Waals surface area contributed by atoms with Crippen molar-refractivity contribution in [2.24, 2.45) is 5.92 Å². The van der Waals surface area contributed by atoms with Crippen molar-refractivity contribution in [2.75, 3.05) is 6.54 Å². The summed E-state index contributed by atoms with van der Waals surface area (Å²) in [5.41, 5.74) is -0.738. The van der Waals surface area contributed by atoms with Crippen molar-refractivity contribution in [2.45, 2.75) is 126 Å². The minimum atomic E-state index is -3.91. The van der Waals surface area contributed by atoms with Gasteiger partial charge in [-0.1, -0.05) is 31.1 Å². The quantitative estimate of drug-likeness (QED) is 0.327. The smallest absolute Gasteiger partial charge is 0.410 e. The van der Waals surface area contributed by atoms with Crippen molar-refractivity contribution in [3.05, 3.63) is 41.5 Å². The van der Waals surface area contributed by atoms with E-state index >= 15 is 0 Å². The standard InChI is InChI=1S/C35H47N5O10S/c1-34(2,3)50-32(45)36-27-10-8-6-4-5-7-9-23-17-35(23,31(44)38-51(47,48)26-13-14-26)37-29(42)28-16-25(20-40(28)30(27)43)49-33(46)39-18-21-11-12-24(41)15-22(21)19-39/h7,9,11-12,15,23,25-28,41H,4-6,8,10,13-14,16-20H2,1-3H3,(H,36,45)(H,37,42)(H,38,44)/t23-,25-,27+,28?,35-/m1/s1. The third-order valence-corrected chi connectivity index (χ3v) is 11.8. The zero-order valence-electron chi connectivity index (χ0n) is 29.2. The maximum Gasteiger partial charge on any atom is 0.410 e. The van der Waals surface area contributed by atoms with Crippen LogP contribution in [0.3, 0.4) is 0 Å². The second-order valence-corrected chi connectivity index (χ2v) is 17.2. The predicted molar refractivity (Wildman–Crippen MR) is 182 cm³/mol. The van der Waals surface area contributed by atoms with Crippen LogP contribution in [0.15, 0.2) is 30.4 Å². The van der Waals surface area contributed by atoms with Gasteiger partial charge in [0.15, 0.2) is 0 Å². The van der Waals surface area contributed by atoms with Crippen molar-refractivity contribution in [1.82, 2.24) is 25.2 Å². The van der Waals surface area contributed by atoms with E-state index in [0.717, 1.165) is 24.0 Å². The molecule has 1 unspecified atom stereocenters. The summed E-state index contributed by atoms with van der Waals surface area (Å²) in [6.07, 6.45) is 5.38. The number of phenols is 1. The monoisotopic (exact) mass is 729 g/mol. The van der Waals surface area contributed by atoms with E-state index in [9.17, 15) is 37.5 Å². The largest absolute Gasteiger partial charge is 0.508 e. The highest BCUT2D eigenvalue weighted by atomic mass is 32.2. The van der Waals surface area contributed by atoms with E-state index in [1.54, 1.807) is 32.9 Å². The Balaban J connectivity index is 1.25. The van der Waals surface area contributed by atoms with Crippen molar-refractivity contribution in [3.8, 4) is 5.75 Å². The second-order valence-electron chi connectivity index (χ2n) is 15.3. The Hall–Kier alpha value is -4.34. The van der Waals surface area contributed by atoms with Gasteiger partial charge in [0.25, 0.3) is 5.91 Å². The fraction of sp³-hybridized carbons (Fsp3) is 0.629. The molecule has 0 radical (unpaired) electrons. The van der Waals surface area contributed by atoms with Crippen LogP contribution in [-0.4, -0.2) is 94.4 Å². The van der Waals surface area contributed by atoms with Gasteiger partial charge in [0.1, 0.15) is 35.1 Å². The summed E-state index contributed by atoms with van der Waals surface area (Å²) in [4.78, 5) is 71.0. The number of phenolic OH excluding ortho intramolecular Hbond substituents is 1. The molecule has 1 aromatic carbocycles. The molecule has 16 heteroatoms. The fourth-order valence-electron chi connectivity index (χ4n) is 7.02.